The molecule has 1 saturated carbocycles. The molecule has 1 aromatic rings. The van der Waals surface area contributed by atoms with E-state index >= 15 is 0 Å². The fraction of sp³-hybridized carbons (Fsp3) is 0.429. The molecule has 18 heavy (non-hydrogen) atoms. The van der Waals surface area contributed by atoms with Crippen molar-refractivity contribution in [2.75, 3.05) is 18.4 Å². The highest BCUT2D eigenvalue weighted by Gasteiger charge is 2.28. The Bertz CT molecular complexity index is 474. The van der Waals surface area contributed by atoms with Gasteiger partial charge in [0.05, 0.1) is 18.2 Å². The van der Waals surface area contributed by atoms with Gasteiger partial charge < -0.3 is 5.32 Å². The number of rotatable bonds is 5. The van der Waals surface area contributed by atoms with Gasteiger partial charge in [-0.3, -0.25) is 9.69 Å². The summed E-state index contributed by atoms with van der Waals surface area (Å²) in [7, 11) is 0. The molecule has 0 unspecified atom stereocenters. The van der Waals surface area contributed by atoms with E-state index in [1.54, 1.807) is 24.3 Å². The third kappa shape index (κ3) is 3.31. The van der Waals surface area contributed by atoms with Crippen molar-refractivity contribution in [3.63, 3.8) is 0 Å². The van der Waals surface area contributed by atoms with E-state index in [1.165, 1.54) is 12.8 Å². The van der Waals surface area contributed by atoms with Crippen LogP contribution in [-0.2, 0) is 4.79 Å². The molecule has 0 spiro atoms. The molecule has 0 atom stereocenters. The van der Waals surface area contributed by atoms with Crippen LogP contribution in [0, 0.1) is 11.3 Å². The van der Waals surface area contributed by atoms with Crippen LogP contribution in [0.2, 0.25) is 0 Å². The van der Waals surface area contributed by atoms with Crippen LogP contribution in [-0.4, -0.2) is 29.9 Å². The van der Waals surface area contributed by atoms with E-state index in [0.717, 1.165) is 6.54 Å². The van der Waals surface area contributed by atoms with E-state index in [1.807, 2.05) is 0 Å². The largest absolute Gasteiger partial charge is 0.325 e. The van der Waals surface area contributed by atoms with E-state index in [-0.39, 0.29) is 5.91 Å². The molecule has 1 amide bonds. The Morgan fingerprint density at radius 1 is 1.56 bits per heavy atom. The molecular weight excluding hydrogens is 226 g/mol. The second-order valence-corrected chi connectivity index (χ2v) is 4.54. The Hall–Kier alpha value is -1.86. The zero-order valence-corrected chi connectivity index (χ0v) is 10.5. The van der Waals surface area contributed by atoms with E-state index in [4.69, 9.17) is 5.26 Å². The molecule has 4 heteroatoms. The molecule has 0 saturated heterocycles. The van der Waals surface area contributed by atoms with Crippen molar-refractivity contribution in [2.45, 2.75) is 25.8 Å². The van der Waals surface area contributed by atoms with E-state index in [9.17, 15) is 4.79 Å². The number of carbonyl (C=O) groups excluding carboxylic acids is 1. The number of carbonyl (C=O) groups is 1. The van der Waals surface area contributed by atoms with Crippen molar-refractivity contribution in [1.29, 1.82) is 5.26 Å². The molecule has 2 rings (SSSR count). The molecule has 1 aliphatic carbocycles. The van der Waals surface area contributed by atoms with Crippen LogP contribution in [0.25, 0.3) is 0 Å². The van der Waals surface area contributed by atoms with E-state index < -0.39 is 0 Å². The van der Waals surface area contributed by atoms with Gasteiger partial charge in [-0.1, -0.05) is 13.0 Å². The molecule has 1 N–H and O–H groups in total. The number of benzene rings is 1. The van der Waals surface area contributed by atoms with Crippen LogP contribution >= 0.6 is 0 Å². The maximum absolute atomic E-state index is 11.9. The molecule has 0 aliphatic heterocycles. The number of amides is 1. The molecule has 94 valence electrons. The maximum Gasteiger partial charge on any atom is 0.238 e. The van der Waals surface area contributed by atoms with Crippen molar-refractivity contribution in [1.82, 2.24) is 4.90 Å². The van der Waals surface area contributed by atoms with Gasteiger partial charge in [-0.05, 0) is 37.6 Å². The first kappa shape index (κ1) is 12.6. The van der Waals surface area contributed by atoms with Gasteiger partial charge in [-0.25, -0.2) is 0 Å². The Morgan fingerprint density at radius 3 is 2.94 bits per heavy atom. The summed E-state index contributed by atoms with van der Waals surface area (Å²) in [6, 6.07) is 9.62. The normalized spacial score (nSPS) is 14.3. The van der Waals surface area contributed by atoms with E-state index in [0.29, 0.717) is 23.8 Å². The summed E-state index contributed by atoms with van der Waals surface area (Å²) in [5.74, 6) is -0.0150. The number of anilines is 1. The smallest absolute Gasteiger partial charge is 0.238 e. The third-order valence-corrected chi connectivity index (χ3v) is 3.09. The van der Waals surface area contributed by atoms with Gasteiger partial charge in [-0.2, -0.15) is 5.26 Å². The topological polar surface area (TPSA) is 56.1 Å². The summed E-state index contributed by atoms with van der Waals surface area (Å²) in [4.78, 5) is 14.1. The van der Waals surface area contributed by atoms with Crippen molar-refractivity contribution < 1.29 is 4.79 Å². The number of likely N-dealkylation sites (N-methyl/N-ethyl adjacent to an activating group) is 1. The summed E-state index contributed by atoms with van der Waals surface area (Å²) < 4.78 is 0. The number of nitrogens with zero attached hydrogens (tertiary/aromatic N) is 2. The molecule has 1 aromatic carbocycles. The zero-order valence-electron chi connectivity index (χ0n) is 10.5. The zero-order chi connectivity index (χ0) is 13.0. The summed E-state index contributed by atoms with van der Waals surface area (Å²) in [5.41, 5.74) is 1.24. The Labute approximate surface area is 107 Å². The van der Waals surface area contributed by atoms with Crippen molar-refractivity contribution >= 4 is 11.6 Å². The Kier molecular flexibility index (Phi) is 3.96. The standard InChI is InChI=1S/C14H17N3O/c1-2-17(13-6-7-13)10-14(18)16-12-5-3-4-11(8-12)9-15/h3-5,8,13H,2,6-7,10H2,1H3,(H,16,18). The quantitative estimate of drug-likeness (QED) is 0.860. The summed E-state index contributed by atoms with van der Waals surface area (Å²) in [6.45, 7) is 3.40. The first-order valence-corrected chi connectivity index (χ1v) is 6.27. The lowest BCUT2D eigenvalue weighted by Crippen LogP contribution is -2.34. The molecule has 0 heterocycles. The van der Waals surface area contributed by atoms with Gasteiger partial charge in [0.15, 0.2) is 0 Å². The van der Waals surface area contributed by atoms with Gasteiger partial charge >= 0.3 is 0 Å². The van der Waals surface area contributed by atoms with Gasteiger partial charge in [0.25, 0.3) is 0 Å². The monoisotopic (exact) mass is 243 g/mol. The third-order valence-electron chi connectivity index (χ3n) is 3.09. The molecule has 0 bridgehead atoms. The van der Waals surface area contributed by atoms with Crippen molar-refractivity contribution in [3.8, 4) is 6.07 Å². The molecule has 0 aromatic heterocycles. The Balaban J connectivity index is 1.91. The summed E-state index contributed by atoms with van der Waals surface area (Å²) in [6.07, 6.45) is 2.40. The fourth-order valence-corrected chi connectivity index (χ4v) is 1.99. The van der Waals surface area contributed by atoms with Crippen LogP contribution in [0.5, 0.6) is 0 Å². The predicted octanol–water partition coefficient (Wildman–Crippen LogP) is 1.98. The predicted molar refractivity (Wildman–Crippen MR) is 70.1 cm³/mol. The molecule has 0 radical (unpaired) electrons. The minimum atomic E-state index is -0.0150. The number of nitrogens with one attached hydrogen (secondary N) is 1. The minimum absolute atomic E-state index is 0.0150. The van der Waals surface area contributed by atoms with Gasteiger partial charge in [0.2, 0.25) is 5.91 Å². The molecule has 1 aliphatic rings. The fourth-order valence-electron chi connectivity index (χ4n) is 1.99. The molecule has 4 nitrogen and oxygen atoms in total. The first-order chi connectivity index (χ1) is 8.72. The number of hydrogen-bond donors (Lipinski definition) is 1. The highest BCUT2D eigenvalue weighted by molar-refractivity contribution is 5.92. The van der Waals surface area contributed by atoms with Gasteiger partial charge in [0.1, 0.15) is 0 Å². The maximum atomic E-state index is 11.9. The van der Waals surface area contributed by atoms with E-state index in [2.05, 4.69) is 23.2 Å². The average Bonchev–Trinajstić information content (AvgIpc) is 3.20. The summed E-state index contributed by atoms with van der Waals surface area (Å²) in [5, 5.41) is 11.6. The Morgan fingerprint density at radius 2 is 2.33 bits per heavy atom. The van der Waals surface area contributed by atoms with Crippen molar-refractivity contribution in [3.05, 3.63) is 29.8 Å². The lowest BCUT2D eigenvalue weighted by Gasteiger charge is -2.18. The SMILES string of the molecule is CCN(CC(=O)Nc1cccc(C#N)c1)C1CC1. The van der Waals surface area contributed by atoms with Crippen LogP contribution in [0.1, 0.15) is 25.3 Å². The average molecular weight is 243 g/mol. The highest BCUT2D eigenvalue weighted by Crippen LogP contribution is 2.26. The number of nitriles is 1. The van der Waals surface area contributed by atoms with Gasteiger partial charge in [0, 0.05) is 11.7 Å². The highest BCUT2D eigenvalue weighted by atomic mass is 16.2. The number of hydrogen-bond acceptors (Lipinski definition) is 3. The summed E-state index contributed by atoms with van der Waals surface area (Å²) >= 11 is 0. The lowest BCUT2D eigenvalue weighted by molar-refractivity contribution is -0.117. The van der Waals surface area contributed by atoms with Crippen LogP contribution in [0.3, 0.4) is 0 Å². The first-order valence-electron chi connectivity index (χ1n) is 6.27. The lowest BCUT2D eigenvalue weighted by atomic mass is 10.2. The second-order valence-electron chi connectivity index (χ2n) is 4.54. The van der Waals surface area contributed by atoms with Crippen molar-refractivity contribution in [2.24, 2.45) is 0 Å². The molecular formula is C14H17N3O. The van der Waals surface area contributed by atoms with Crippen LogP contribution in [0.4, 0.5) is 5.69 Å². The van der Waals surface area contributed by atoms with Crippen LogP contribution < -0.4 is 5.32 Å². The molecule has 1 fully saturated rings. The van der Waals surface area contributed by atoms with Crippen LogP contribution in [0.15, 0.2) is 24.3 Å². The van der Waals surface area contributed by atoms with Gasteiger partial charge in [-0.15, -0.1) is 0 Å². The second kappa shape index (κ2) is 5.65. The minimum Gasteiger partial charge on any atom is -0.325 e.